The molecule has 0 aliphatic heterocycles. The van der Waals surface area contributed by atoms with Crippen molar-refractivity contribution in [1.82, 2.24) is 24.8 Å². The second-order valence-corrected chi connectivity index (χ2v) is 6.81. The molecule has 0 aliphatic rings. The summed E-state index contributed by atoms with van der Waals surface area (Å²) in [5, 5.41) is 8.32. The van der Waals surface area contributed by atoms with Crippen molar-refractivity contribution in [2.24, 2.45) is 0 Å². The fourth-order valence-corrected chi connectivity index (χ4v) is 2.53. The zero-order valence-electron chi connectivity index (χ0n) is 18.6. The first-order chi connectivity index (χ1) is 15.5. The quantitative estimate of drug-likeness (QED) is 0.357. The maximum Gasteiger partial charge on any atom is 1.00 e. The smallest absolute Gasteiger partial charge is 0.477 e. The number of aromatic nitrogens is 4. The van der Waals surface area contributed by atoms with E-state index in [9.17, 15) is 4.79 Å². The Labute approximate surface area is 207 Å². The fraction of sp³-hybridized carbons (Fsp3) is 0.160. The van der Waals surface area contributed by atoms with E-state index in [1.807, 2.05) is 73.9 Å². The Bertz CT molecular complexity index is 982. The Hall–Kier alpha value is -3.33. The number of carboxylic acid groups (broad SMARTS) is 1. The van der Waals surface area contributed by atoms with Gasteiger partial charge in [-0.1, -0.05) is 24.3 Å². The van der Waals surface area contributed by atoms with Gasteiger partial charge < -0.3 is 5.11 Å². The molecule has 4 aromatic heterocycles. The van der Waals surface area contributed by atoms with Crippen LogP contribution in [0.1, 0.15) is 27.6 Å². The largest absolute Gasteiger partial charge is 1.00 e. The van der Waals surface area contributed by atoms with E-state index in [2.05, 4.69) is 31.9 Å². The minimum atomic E-state index is -0.990. The van der Waals surface area contributed by atoms with Crippen LogP contribution < -0.4 is 0 Å². The zero-order valence-corrected chi connectivity index (χ0v) is 21.1. The summed E-state index contributed by atoms with van der Waals surface area (Å²) in [6.45, 7) is 3.66. The van der Waals surface area contributed by atoms with Gasteiger partial charge in [-0.2, -0.15) is 0 Å². The van der Waals surface area contributed by atoms with Crippen molar-refractivity contribution in [3.63, 3.8) is 0 Å². The van der Waals surface area contributed by atoms with Gasteiger partial charge in [0.1, 0.15) is 5.69 Å². The van der Waals surface area contributed by atoms with Gasteiger partial charge in [0.05, 0.1) is 11.4 Å². The minimum absolute atomic E-state index is 0. The van der Waals surface area contributed by atoms with Crippen molar-refractivity contribution < 1.29 is 29.7 Å². The van der Waals surface area contributed by atoms with Crippen LogP contribution in [0.15, 0.2) is 97.6 Å². The molecule has 4 aromatic rings. The molecule has 33 heavy (non-hydrogen) atoms. The van der Waals surface area contributed by atoms with Crippen LogP contribution in [0.4, 0.5) is 0 Å². The van der Waals surface area contributed by atoms with Crippen LogP contribution in [-0.2, 0) is 32.9 Å². The number of nitrogens with zero attached hydrogens (tertiary/aromatic N) is 5. The average Bonchev–Trinajstić information content (AvgIpc) is 2.82. The predicted octanol–water partition coefficient (Wildman–Crippen LogP) is 4.28. The molecule has 8 heteroatoms. The molecule has 0 unspecified atom stereocenters. The summed E-state index contributed by atoms with van der Waals surface area (Å²) < 4.78 is 0. The van der Waals surface area contributed by atoms with Gasteiger partial charge in [-0.15, -0.1) is 0 Å². The maximum absolute atomic E-state index is 10.1. The van der Waals surface area contributed by atoms with E-state index < -0.39 is 5.97 Å². The second-order valence-electron chi connectivity index (χ2n) is 6.81. The summed E-state index contributed by atoms with van der Waals surface area (Å²) in [6.07, 6.45) is 6.88. The first-order valence-electron chi connectivity index (χ1n) is 10.0. The van der Waals surface area contributed by atoms with Gasteiger partial charge in [0.2, 0.25) is 0 Å². The number of aromatic carboxylic acids is 1. The molecular formula is C25H27N5O2Os+. The number of carbonyl (C=O) groups is 1. The van der Waals surface area contributed by atoms with Crippen molar-refractivity contribution >= 4 is 5.97 Å². The molecule has 0 fully saturated rings. The molecule has 7 nitrogen and oxygen atoms in total. The Kier molecular flexibility index (Phi) is 13.7. The molecule has 0 bridgehead atoms. The Balaban J connectivity index is 0.000000271. The van der Waals surface area contributed by atoms with Crippen LogP contribution in [0.25, 0.3) is 0 Å². The maximum atomic E-state index is 10.1. The van der Waals surface area contributed by atoms with E-state index in [-0.39, 0.29) is 25.5 Å². The van der Waals surface area contributed by atoms with Gasteiger partial charge in [-0.25, -0.2) is 9.78 Å². The molecule has 4 heterocycles. The molecule has 0 aliphatic carbocycles. The summed E-state index contributed by atoms with van der Waals surface area (Å²) >= 11 is 0. The first kappa shape index (κ1) is 27.7. The summed E-state index contributed by atoms with van der Waals surface area (Å²) in [6, 6.07) is 22.6. The average molecular weight is 620 g/mol. The van der Waals surface area contributed by atoms with E-state index in [0.29, 0.717) is 0 Å². The number of hydrogen-bond donors (Lipinski definition) is 1. The molecule has 0 amide bonds. The third kappa shape index (κ3) is 12.3. The first-order valence-corrected chi connectivity index (χ1v) is 10.0. The van der Waals surface area contributed by atoms with E-state index in [1.165, 1.54) is 12.3 Å². The van der Waals surface area contributed by atoms with Gasteiger partial charge in [-0.05, 0) is 62.5 Å². The van der Waals surface area contributed by atoms with E-state index in [0.717, 1.165) is 30.2 Å². The summed E-state index contributed by atoms with van der Waals surface area (Å²) in [4.78, 5) is 28.5. The minimum Gasteiger partial charge on any atom is -0.477 e. The second kappa shape index (κ2) is 16.3. The molecule has 0 saturated carbocycles. The van der Waals surface area contributed by atoms with Crippen LogP contribution in [-0.4, -0.2) is 43.0 Å². The van der Waals surface area contributed by atoms with Crippen molar-refractivity contribution in [1.29, 1.82) is 0 Å². The van der Waals surface area contributed by atoms with Gasteiger partial charge in [0.15, 0.2) is 0 Å². The topological polar surface area (TPSA) is 92.1 Å². The number of carboxylic acids is 1. The van der Waals surface area contributed by atoms with Crippen LogP contribution in [0.2, 0.25) is 0 Å². The molecule has 0 atom stereocenters. The summed E-state index contributed by atoms with van der Waals surface area (Å²) in [5.74, 6) is -0.990. The fourth-order valence-electron chi connectivity index (χ4n) is 2.53. The molecule has 0 aromatic carbocycles. The third-order valence-electron chi connectivity index (χ3n) is 4.01. The van der Waals surface area contributed by atoms with Gasteiger partial charge in [0, 0.05) is 43.6 Å². The molecule has 1 N–H and O–H groups in total. The molecule has 0 spiro atoms. The third-order valence-corrected chi connectivity index (χ3v) is 4.01. The van der Waals surface area contributed by atoms with Gasteiger partial charge in [0.25, 0.3) is 0 Å². The molecular weight excluding hydrogens is 593 g/mol. The van der Waals surface area contributed by atoms with E-state index >= 15 is 0 Å². The monoisotopic (exact) mass is 621 g/mol. The summed E-state index contributed by atoms with van der Waals surface area (Å²) in [5.41, 5.74) is 3.32. The summed E-state index contributed by atoms with van der Waals surface area (Å²) in [7, 11) is 2.07. The van der Waals surface area contributed by atoms with E-state index in [1.54, 1.807) is 18.3 Å². The van der Waals surface area contributed by atoms with Crippen LogP contribution in [0, 0.1) is 6.92 Å². The van der Waals surface area contributed by atoms with Crippen molar-refractivity contribution in [3.8, 4) is 0 Å². The van der Waals surface area contributed by atoms with Crippen LogP contribution in [0.5, 0.6) is 0 Å². The number of pyridine rings is 4. The van der Waals surface area contributed by atoms with Crippen molar-refractivity contribution in [2.75, 3.05) is 7.05 Å². The molecule has 1 radical (unpaired) electrons. The number of hydrogen-bond acceptors (Lipinski definition) is 6. The number of rotatable bonds is 5. The van der Waals surface area contributed by atoms with Crippen molar-refractivity contribution in [3.05, 3.63) is 120 Å². The Morgan fingerprint density at radius 3 is 1.45 bits per heavy atom. The SMILES string of the molecule is CN(Cc1ccccn1)Cc1ccccn1.Cc1ccccn1.O=C(O)c1ccccn1.[Os+]. The zero-order chi connectivity index (χ0) is 23.0. The Morgan fingerprint density at radius 2 is 1.18 bits per heavy atom. The van der Waals surface area contributed by atoms with E-state index in [4.69, 9.17) is 5.11 Å². The van der Waals surface area contributed by atoms with Gasteiger partial charge >= 0.3 is 25.8 Å². The normalized spacial score (nSPS) is 9.42. The van der Waals surface area contributed by atoms with Gasteiger partial charge in [-0.3, -0.25) is 19.9 Å². The predicted molar refractivity (Wildman–Crippen MR) is 124 cm³/mol. The van der Waals surface area contributed by atoms with Crippen molar-refractivity contribution in [2.45, 2.75) is 20.0 Å². The number of aryl methyl sites for hydroxylation is 1. The molecule has 171 valence electrons. The molecule has 0 saturated heterocycles. The molecule has 4 rings (SSSR count). The van der Waals surface area contributed by atoms with Crippen LogP contribution in [0.3, 0.4) is 0 Å². The standard InChI is InChI=1S/C13H15N3.C6H5NO2.C6H7N.Os/c1-16(10-12-6-2-4-8-14-12)11-13-7-3-5-9-15-13;8-6(9)5-3-1-2-4-7-5;1-6-4-2-3-5-7-6;/h2-9H,10-11H2,1H3;1-4H,(H,8,9);2-5H,1H3;/q;;;+1. The van der Waals surface area contributed by atoms with Crippen LogP contribution >= 0.6 is 0 Å². The Morgan fingerprint density at radius 1 is 0.727 bits per heavy atom.